The van der Waals surface area contributed by atoms with E-state index in [1.165, 1.54) is 24.9 Å². The molecule has 1 saturated heterocycles. The van der Waals surface area contributed by atoms with Gasteiger partial charge in [-0.2, -0.15) is 0 Å². The van der Waals surface area contributed by atoms with Crippen LogP contribution in [0.15, 0.2) is 18.2 Å². The molecule has 1 aromatic rings. The molecule has 2 aliphatic heterocycles. The topological polar surface area (TPSA) is 15.3 Å². The molecule has 0 radical (unpaired) electrons. The van der Waals surface area contributed by atoms with Crippen molar-refractivity contribution in [2.45, 2.75) is 51.7 Å². The van der Waals surface area contributed by atoms with Crippen LogP contribution in [0.25, 0.3) is 0 Å². The van der Waals surface area contributed by atoms with E-state index < -0.39 is 0 Å². The van der Waals surface area contributed by atoms with Crippen molar-refractivity contribution in [2.24, 2.45) is 0 Å². The highest BCUT2D eigenvalue weighted by Crippen LogP contribution is 2.30. The number of piperidine rings is 1. The van der Waals surface area contributed by atoms with Gasteiger partial charge in [-0.3, -0.25) is 4.90 Å². The summed E-state index contributed by atoms with van der Waals surface area (Å²) in [5, 5.41) is 3.52. The molecule has 0 aliphatic carbocycles. The predicted molar refractivity (Wildman–Crippen MR) is 75.7 cm³/mol. The molecule has 1 aromatic carbocycles. The van der Waals surface area contributed by atoms with Gasteiger partial charge >= 0.3 is 0 Å². The lowest BCUT2D eigenvalue weighted by Gasteiger charge is -2.23. The van der Waals surface area contributed by atoms with Crippen molar-refractivity contribution < 1.29 is 0 Å². The van der Waals surface area contributed by atoms with Crippen LogP contribution < -0.4 is 5.32 Å². The van der Waals surface area contributed by atoms with Crippen LogP contribution >= 0.6 is 0 Å². The smallest absolute Gasteiger partial charge is 0.0243 e. The minimum Gasteiger partial charge on any atom is -0.316 e. The second-order valence-electron chi connectivity index (χ2n) is 6.07. The lowest BCUT2D eigenvalue weighted by Crippen LogP contribution is -2.28. The van der Waals surface area contributed by atoms with E-state index in [9.17, 15) is 0 Å². The first kappa shape index (κ1) is 12.2. The first-order valence-corrected chi connectivity index (χ1v) is 7.30. The molecule has 3 rings (SSSR count). The van der Waals surface area contributed by atoms with Gasteiger partial charge in [0.1, 0.15) is 0 Å². The van der Waals surface area contributed by atoms with E-state index in [0.29, 0.717) is 6.04 Å². The van der Waals surface area contributed by atoms with Crippen molar-refractivity contribution in [3.63, 3.8) is 0 Å². The first-order chi connectivity index (χ1) is 8.74. The van der Waals surface area contributed by atoms with Crippen LogP contribution in [0.1, 0.15) is 49.3 Å². The van der Waals surface area contributed by atoms with Gasteiger partial charge in [-0.25, -0.2) is 0 Å². The largest absolute Gasteiger partial charge is 0.316 e. The van der Waals surface area contributed by atoms with Crippen LogP contribution in [-0.2, 0) is 13.1 Å². The Morgan fingerprint density at radius 2 is 2.06 bits per heavy atom. The second kappa shape index (κ2) is 5.02. The van der Waals surface area contributed by atoms with E-state index in [-0.39, 0.29) is 0 Å². The molecule has 0 saturated carbocycles. The summed E-state index contributed by atoms with van der Waals surface area (Å²) in [7, 11) is 0. The quantitative estimate of drug-likeness (QED) is 0.860. The summed E-state index contributed by atoms with van der Waals surface area (Å²) in [6, 6.07) is 7.84. The molecule has 0 amide bonds. The maximum absolute atomic E-state index is 3.52. The molecular formula is C16H24N2. The number of hydrogen-bond acceptors (Lipinski definition) is 2. The summed E-state index contributed by atoms with van der Waals surface area (Å²) in [5.74, 6) is 0.733. The van der Waals surface area contributed by atoms with Gasteiger partial charge in [0.25, 0.3) is 0 Å². The molecule has 1 atom stereocenters. The van der Waals surface area contributed by atoms with Gasteiger partial charge in [0.15, 0.2) is 0 Å². The molecule has 2 nitrogen and oxygen atoms in total. The van der Waals surface area contributed by atoms with E-state index in [0.717, 1.165) is 25.6 Å². The Morgan fingerprint density at radius 1 is 1.22 bits per heavy atom. The Morgan fingerprint density at radius 3 is 2.78 bits per heavy atom. The van der Waals surface area contributed by atoms with Gasteiger partial charge in [-0.15, -0.1) is 0 Å². The molecule has 0 aromatic heterocycles. The van der Waals surface area contributed by atoms with Crippen LogP contribution in [0.3, 0.4) is 0 Å². The third kappa shape index (κ3) is 2.32. The highest BCUT2D eigenvalue weighted by Gasteiger charge is 2.23. The van der Waals surface area contributed by atoms with E-state index >= 15 is 0 Å². The summed E-state index contributed by atoms with van der Waals surface area (Å²) in [5.41, 5.74) is 4.65. The minimum absolute atomic E-state index is 0.650. The summed E-state index contributed by atoms with van der Waals surface area (Å²) in [6.45, 7) is 9.21. The van der Waals surface area contributed by atoms with Gasteiger partial charge in [-0.05, 0) is 55.8 Å². The lowest BCUT2D eigenvalue weighted by atomic mass is 9.90. The summed E-state index contributed by atoms with van der Waals surface area (Å²) in [6.07, 6.45) is 2.67. The predicted octanol–water partition coefficient (Wildman–Crippen LogP) is 2.88. The highest BCUT2D eigenvalue weighted by atomic mass is 15.2. The number of nitrogens with zero attached hydrogens (tertiary/aromatic N) is 1. The average molecular weight is 244 g/mol. The highest BCUT2D eigenvalue weighted by molar-refractivity contribution is 5.36. The zero-order valence-electron chi connectivity index (χ0n) is 11.6. The number of nitrogens with one attached hydrogen (secondary N) is 1. The van der Waals surface area contributed by atoms with Gasteiger partial charge in [-0.1, -0.05) is 18.2 Å². The average Bonchev–Trinajstić information content (AvgIpc) is 2.82. The summed E-state index contributed by atoms with van der Waals surface area (Å²) >= 11 is 0. The molecule has 1 unspecified atom stereocenters. The molecule has 18 heavy (non-hydrogen) atoms. The zero-order chi connectivity index (χ0) is 12.5. The van der Waals surface area contributed by atoms with E-state index in [1.807, 2.05) is 0 Å². The molecule has 98 valence electrons. The van der Waals surface area contributed by atoms with Crippen LogP contribution in [0.5, 0.6) is 0 Å². The standard InChI is InChI=1S/C16H24N2/c1-12(2)18-10-15-6-5-13(8-16(15)11-18)14-4-3-7-17-9-14/h5-6,8,12,14,17H,3-4,7,9-11H2,1-2H3. The van der Waals surface area contributed by atoms with Crippen LogP contribution in [0, 0.1) is 0 Å². The van der Waals surface area contributed by atoms with E-state index in [2.05, 4.69) is 42.3 Å². The molecule has 1 N–H and O–H groups in total. The monoisotopic (exact) mass is 244 g/mol. The second-order valence-corrected chi connectivity index (χ2v) is 6.07. The van der Waals surface area contributed by atoms with Crippen molar-refractivity contribution in [1.82, 2.24) is 10.2 Å². The molecule has 2 aliphatic rings. The van der Waals surface area contributed by atoms with Gasteiger partial charge in [0, 0.05) is 25.7 Å². The molecule has 2 heteroatoms. The minimum atomic E-state index is 0.650. The van der Waals surface area contributed by atoms with Crippen molar-refractivity contribution in [3.8, 4) is 0 Å². The summed E-state index contributed by atoms with van der Waals surface area (Å²) < 4.78 is 0. The first-order valence-electron chi connectivity index (χ1n) is 7.30. The Balaban J connectivity index is 1.78. The Hall–Kier alpha value is -0.860. The fourth-order valence-electron chi connectivity index (χ4n) is 3.20. The van der Waals surface area contributed by atoms with Crippen molar-refractivity contribution >= 4 is 0 Å². The van der Waals surface area contributed by atoms with Gasteiger partial charge in [0.05, 0.1) is 0 Å². The third-order valence-corrected chi connectivity index (χ3v) is 4.48. The van der Waals surface area contributed by atoms with Crippen molar-refractivity contribution in [2.75, 3.05) is 13.1 Å². The zero-order valence-corrected chi connectivity index (χ0v) is 11.6. The van der Waals surface area contributed by atoms with E-state index in [1.54, 1.807) is 11.1 Å². The molecule has 2 heterocycles. The molecule has 0 bridgehead atoms. The maximum atomic E-state index is 3.52. The molecular weight excluding hydrogens is 220 g/mol. The van der Waals surface area contributed by atoms with Gasteiger partial charge < -0.3 is 5.32 Å². The fraction of sp³-hybridized carbons (Fsp3) is 0.625. The third-order valence-electron chi connectivity index (χ3n) is 4.48. The van der Waals surface area contributed by atoms with Crippen LogP contribution in [-0.4, -0.2) is 24.0 Å². The number of hydrogen-bond donors (Lipinski definition) is 1. The normalized spacial score (nSPS) is 24.5. The molecule has 0 spiro atoms. The summed E-state index contributed by atoms with van der Waals surface area (Å²) in [4.78, 5) is 2.55. The van der Waals surface area contributed by atoms with Crippen molar-refractivity contribution in [3.05, 3.63) is 34.9 Å². The Kier molecular flexibility index (Phi) is 3.40. The number of rotatable bonds is 2. The van der Waals surface area contributed by atoms with Crippen molar-refractivity contribution in [1.29, 1.82) is 0 Å². The van der Waals surface area contributed by atoms with Crippen LogP contribution in [0.4, 0.5) is 0 Å². The maximum Gasteiger partial charge on any atom is 0.0243 e. The van der Waals surface area contributed by atoms with Gasteiger partial charge in [0.2, 0.25) is 0 Å². The van der Waals surface area contributed by atoms with Crippen LogP contribution in [0.2, 0.25) is 0 Å². The lowest BCUT2D eigenvalue weighted by molar-refractivity contribution is 0.227. The Labute approximate surface area is 110 Å². The Bertz CT molecular complexity index is 419. The SMILES string of the molecule is CC(C)N1Cc2ccc(C3CCCNC3)cc2C1. The number of fused-ring (bicyclic) bond motifs is 1. The molecule has 1 fully saturated rings. The fourth-order valence-corrected chi connectivity index (χ4v) is 3.20. The number of benzene rings is 1. The van der Waals surface area contributed by atoms with E-state index in [4.69, 9.17) is 0 Å².